The van der Waals surface area contributed by atoms with Crippen LogP contribution in [0.1, 0.15) is 11.3 Å². The summed E-state index contributed by atoms with van der Waals surface area (Å²) < 4.78 is 10.8. The van der Waals surface area contributed by atoms with E-state index in [-0.39, 0.29) is 0 Å². The lowest BCUT2D eigenvalue weighted by molar-refractivity contribution is 0.415. The zero-order valence-corrected chi connectivity index (χ0v) is 14.8. The maximum absolute atomic E-state index is 5.40. The number of ether oxygens (including phenoxy) is 2. The fourth-order valence-corrected chi connectivity index (χ4v) is 3.25. The van der Waals surface area contributed by atoms with E-state index in [0.717, 1.165) is 40.4 Å². The summed E-state index contributed by atoms with van der Waals surface area (Å²) in [4.78, 5) is 8.06. The Balaban J connectivity index is 1.90. The van der Waals surface area contributed by atoms with Gasteiger partial charge in [0.15, 0.2) is 0 Å². The van der Waals surface area contributed by atoms with Crippen molar-refractivity contribution in [2.24, 2.45) is 0 Å². The third-order valence-electron chi connectivity index (χ3n) is 4.56. The van der Waals surface area contributed by atoms with Crippen LogP contribution >= 0.6 is 0 Å². The molecule has 0 amide bonds. The molecule has 0 aliphatic carbocycles. The van der Waals surface area contributed by atoms with Crippen LogP contribution in [0.3, 0.4) is 0 Å². The van der Waals surface area contributed by atoms with E-state index in [1.807, 2.05) is 48.7 Å². The van der Waals surface area contributed by atoms with Gasteiger partial charge in [-0.15, -0.1) is 0 Å². The predicted octanol–water partition coefficient (Wildman–Crippen LogP) is 4.84. The summed E-state index contributed by atoms with van der Waals surface area (Å²) in [7, 11) is 3.37. The van der Waals surface area contributed by atoms with E-state index in [1.54, 1.807) is 14.2 Å². The molecule has 2 aromatic carbocycles. The summed E-state index contributed by atoms with van der Waals surface area (Å²) >= 11 is 0. The standard InChI is InChI=1S/C22H20N2O2/c1-25-17-8-5-6-15(12-17)22-20(13-16-7-3-4-11-23-16)19-10-9-18(26-2)14-21(19)24-22/h3-12,14,24H,13H2,1-2H3. The van der Waals surface area contributed by atoms with Crippen molar-refractivity contribution in [1.29, 1.82) is 0 Å². The van der Waals surface area contributed by atoms with Crippen LogP contribution in [0.5, 0.6) is 11.5 Å². The van der Waals surface area contributed by atoms with Crippen molar-refractivity contribution in [3.8, 4) is 22.8 Å². The number of methoxy groups -OCH3 is 2. The molecular weight excluding hydrogens is 324 g/mol. The highest BCUT2D eigenvalue weighted by molar-refractivity contribution is 5.92. The van der Waals surface area contributed by atoms with Gasteiger partial charge in [0.05, 0.1) is 19.9 Å². The number of nitrogens with zero attached hydrogens (tertiary/aromatic N) is 1. The fraction of sp³-hybridized carbons (Fsp3) is 0.136. The van der Waals surface area contributed by atoms with E-state index in [9.17, 15) is 0 Å². The average molecular weight is 344 g/mol. The third-order valence-corrected chi connectivity index (χ3v) is 4.56. The van der Waals surface area contributed by atoms with E-state index in [0.29, 0.717) is 0 Å². The normalized spacial score (nSPS) is 10.8. The fourth-order valence-electron chi connectivity index (χ4n) is 3.25. The first-order valence-electron chi connectivity index (χ1n) is 8.51. The van der Waals surface area contributed by atoms with Crippen LogP contribution in [0.2, 0.25) is 0 Å². The molecule has 0 radical (unpaired) electrons. The molecule has 0 aliphatic rings. The highest BCUT2D eigenvalue weighted by Crippen LogP contribution is 2.34. The lowest BCUT2D eigenvalue weighted by atomic mass is 10.0. The Hall–Kier alpha value is -3.27. The lowest BCUT2D eigenvalue weighted by Gasteiger charge is -2.07. The second-order valence-corrected chi connectivity index (χ2v) is 6.12. The predicted molar refractivity (Wildman–Crippen MR) is 104 cm³/mol. The lowest BCUT2D eigenvalue weighted by Crippen LogP contribution is -1.93. The van der Waals surface area contributed by atoms with Crippen LogP contribution in [0.15, 0.2) is 66.9 Å². The molecule has 0 spiro atoms. The number of pyridine rings is 1. The number of nitrogens with one attached hydrogen (secondary N) is 1. The van der Waals surface area contributed by atoms with Crippen LogP contribution in [0.25, 0.3) is 22.2 Å². The summed E-state index contributed by atoms with van der Waals surface area (Å²) in [6, 6.07) is 20.2. The van der Waals surface area contributed by atoms with Crippen LogP contribution in [0, 0.1) is 0 Å². The van der Waals surface area contributed by atoms with E-state index in [4.69, 9.17) is 9.47 Å². The molecule has 2 aromatic heterocycles. The molecule has 0 aliphatic heterocycles. The summed E-state index contributed by atoms with van der Waals surface area (Å²) in [6.45, 7) is 0. The molecule has 0 bridgehead atoms. The van der Waals surface area contributed by atoms with Gasteiger partial charge < -0.3 is 14.5 Å². The molecule has 4 aromatic rings. The molecule has 4 rings (SSSR count). The molecule has 26 heavy (non-hydrogen) atoms. The van der Waals surface area contributed by atoms with Gasteiger partial charge in [0, 0.05) is 40.8 Å². The monoisotopic (exact) mass is 344 g/mol. The number of hydrogen-bond acceptors (Lipinski definition) is 3. The Bertz CT molecular complexity index is 1040. The van der Waals surface area contributed by atoms with E-state index in [1.165, 1.54) is 10.9 Å². The Morgan fingerprint density at radius 2 is 1.73 bits per heavy atom. The molecule has 0 unspecified atom stereocenters. The minimum Gasteiger partial charge on any atom is -0.497 e. The van der Waals surface area contributed by atoms with Crippen molar-refractivity contribution in [2.75, 3.05) is 14.2 Å². The number of rotatable bonds is 5. The first-order chi connectivity index (χ1) is 12.8. The maximum Gasteiger partial charge on any atom is 0.120 e. The van der Waals surface area contributed by atoms with Gasteiger partial charge in [-0.3, -0.25) is 4.98 Å². The number of aromatic nitrogens is 2. The van der Waals surface area contributed by atoms with Crippen LogP contribution in [0.4, 0.5) is 0 Å². The topological polar surface area (TPSA) is 47.1 Å². The Morgan fingerprint density at radius 1 is 0.885 bits per heavy atom. The first kappa shape index (κ1) is 16.2. The van der Waals surface area contributed by atoms with Crippen molar-refractivity contribution < 1.29 is 9.47 Å². The summed E-state index contributed by atoms with van der Waals surface area (Å²) in [5, 5.41) is 1.18. The van der Waals surface area contributed by atoms with Crippen LogP contribution in [-0.4, -0.2) is 24.2 Å². The first-order valence-corrected chi connectivity index (χ1v) is 8.51. The summed E-state index contributed by atoms with van der Waals surface area (Å²) in [6.07, 6.45) is 2.58. The summed E-state index contributed by atoms with van der Waals surface area (Å²) in [5.74, 6) is 1.67. The van der Waals surface area contributed by atoms with Gasteiger partial charge in [0.25, 0.3) is 0 Å². The maximum atomic E-state index is 5.40. The molecule has 4 nitrogen and oxygen atoms in total. The minimum absolute atomic E-state index is 0.750. The SMILES string of the molecule is COc1cccc(-c2[nH]c3cc(OC)ccc3c2Cc2ccccn2)c1. The highest BCUT2D eigenvalue weighted by atomic mass is 16.5. The third kappa shape index (κ3) is 3.02. The second-order valence-electron chi connectivity index (χ2n) is 6.12. The molecule has 2 heterocycles. The smallest absolute Gasteiger partial charge is 0.120 e. The zero-order chi connectivity index (χ0) is 17.9. The molecule has 0 saturated carbocycles. The molecule has 0 fully saturated rings. The van der Waals surface area contributed by atoms with Crippen molar-refractivity contribution in [3.05, 3.63) is 78.1 Å². The Morgan fingerprint density at radius 3 is 2.50 bits per heavy atom. The van der Waals surface area contributed by atoms with Crippen molar-refractivity contribution >= 4 is 10.9 Å². The number of fused-ring (bicyclic) bond motifs is 1. The number of aromatic amines is 1. The number of H-pyrrole nitrogens is 1. The Labute approximate surface area is 152 Å². The van der Waals surface area contributed by atoms with Gasteiger partial charge >= 0.3 is 0 Å². The number of hydrogen-bond donors (Lipinski definition) is 1. The molecule has 1 N–H and O–H groups in total. The van der Waals surface area contributed by atoms with E-state index >= 15 is 0 Å². The van der Waals surface area contributed by atoms with Gasteiger partial charge in [-0.1, -0.05) is 18.2 Å². The second kappa shape index (κ2) is 6.92. The van der Waals surface area contributed by atoms with Crippen molar-refractivity contribution in [2.45, 2.75) is 6.42 Å². The van der Waals surface area contributed by atoms with E-state index in [2.05, 4.69) is 28.2 Å². The number of benzene rings is 2. The van der Waals surface area contributed by atoms with Crippen LogP contribution < -0.4 is 9.47 Å². The largest absolute Gasteiger partial charge is 0.497 e. The summed E-state index contributed by atoms with van der Waals surface area (Å²) in [5.41, 5.74) is 5.47. The molecule has 0 saturated heterocycles. The van der Waals surface area contributed by atoms with Gasteiger partial charge in [0.2, 0.25) is 0 Å². The molecular formula is C22H20N2O2. The molecule has 4 heteroatoms. The van der Waals surface area contributed by atoms with Gasteiger partial charge in [0.1, 0.15) is 11.5 Å². The molecule has 130 valence electrons. The zero-order valence-electron chi connectivity index (χ0n) is 14.8. The van der Waals surface area contributed by atoms with E-state index < -0.39 is 0 Å². The average Bonchev–Trinajstić information content (AvgIpc) is 3.06. The molecule has 0 atom stereocenters. The van der Waals surface area contributed by atoms with Gasteiger partial charge in [-0.25, -0.2) is 0 Å². The minimum atomic E-state index is 0.750. The van der Waals surface area contributed by atoms with Gasteiger partial charge in [-0.2, -0.15) is 0 Å². The van der Waals surface area contributed by atoms with Crippen molar-refractivity contribution in [1.82, 2.24) is 9.97 Å². The quantitative estimate of drug-likeness (QED) is 0.564. The highest BCUT2D eigenvalue weighted by Gasteiger charge is 2.15. The van der Waals surface area contributed by atoms with Crippen molar-refractivity contribution in [3.63, 3.8) is 0 Å². The Kier molecular flexibility index (Phi) is 4.32. The van der Waals surface area contributed by atoms with Gasteiger partial charge in [-0.05, 0) is 42.0 Å². The van der Waals surface area contributed by atoms with Crippen LogP contribution in [-0.2, 0) is 6.42 Å².